The van der Waals surface area contributed by atoms with Crippen molar-refractivity contribution in [2.24, 2.45) is 0 Å². The molecule has 0 unspecified atom stereocenters. The highest BCUT2D eigenvalue weighted by molar-refractivity contribution is 6.15. The summed E-state index contributed by atoms with van der Waals surface area (Å²) in [5.41, 5.74) is 2.98. The third-order valence-corrected chi connectivity index (χ3v) is 2.57. The van der Waals surface area contributed by atoms with Crippen molar-refractivity contribution in [2.75, 3.05) is 6.61 Å². The molecule has 1 aromatic carbocycles. The largest absolute Gasteiger partial charge is 0.493 e. The van der Waals surface area contributed by atoms with E-state index < -0.39 is 0 Å². The average Bonchev–Trinajstić information content (AvgIpc) is 2.70. The van der Waals surface area contributed by atoms with Crippen molar-refractivity contribution in [1.82, 2.24) is 0 Å². The molecule has 0 N–H and O–H groups in total. The number of rotatable bonds is 0. The van der Waals surface area contributed by atoms with Gasteiger partial charge in [-0.2, -0.15) is 0 Å². The van der Waals surface area contributed by atoms with Crippen molar-refractivity contribution >= 4 is 11.9 Å². The van der Waals surface area contributed by atoms with E-state index in [0.29, 0.717) is 6.61 Å². The normalized spacial score (nSPS) is 17.1. The van der Waals surface area contributed by atoms with E-state index in [1.807, 2.05) is 18.2 Å². The van der Waals surface area contributed by atoms with Gasteiger partial charge in [0.2, 0.25) is 0 Å². The number of carbonyl (C=O) groups is 1. The van der Waals surface area contributed by atoms with Crippen LogP contribution in [0.4, 0.5) is 0 Å². The molecule has 2 aliphatic rings. The van der Waals surface area contributed by atoms with E-state index in [4.69, 9.17) is 4.74 Å². The summed E-state index contributed by atoms with van der Waals surface area (Å²) in [6.07, 6.45) is 4.37. The lowest BCUT2D eigenvalue weighted by atomic mass is 10.0. The first-order valence-electron chi connectivity index (χ1n) is 4.37. The van der Waals surface area contributed by atoms with E-state index in [1.54, 1.807) is 6.08 Å². The van der Waals surface area contributed by atoms with Crippen LogP contribution >= 0.6 is 0 Å². The Balaban J connectivity index is 2.33. The van der Waals surface area contributed by atoms with Gasteiger partial charge >= 0.3 is 0 Å². The van der Waals surface area contributed by atoms with Crippen molar-refractivity contribution in [3.63, 3.8) is 0 Å². The van der Waals surface area contributed by atoms with Crippen LogP contribution in [0.2, 0.25) is 0 Å². The van der Waals surface area contributed by atoms with Gasteiger partial charge in [-0.1, -0.05) is 12.1 Å². The molecule has 1 heterocycles. The van der Waals surface area contributed by atoms with Crippen LogP contribution in [0.3, 0.4) is 0 Å². The molecule has 0 bridgehead atoms. The van der Waals surface area contributed by atoms with Crippen molar-refractivity contribution < 1.29 is 9.53 Å². The zero-order chi connectivity index (χ0) is 8.84. The van der Waals surface area contributed by atoms with Crippen LogP contribution in [0.1, 0.15) is 21.5 Å². The molecule has 2 heteroatoms. The topological polar surface area (TPSA) is 26.3 Å². The number of hydrogen-bond donors (Lipinski definition) is 0. The van der Waals surface area contributed by atoms with Crippen molar-refractivity contribution in [3.05, 3.63) is 34.9 Å². The Kier molecular flexibility index (Phi) is 1.18. The Morgan fingerprint density at radius 3 is 3.08 bits per heavy atom. The molecule has 0 radical (unpaired) electrons. The van der Waals surface area contributed by atoms with Crippen LogP contribution in [0.5, 0.6) is 5.75 Å². The maximum Gasteiger partial charge on any atom is 0.186 e. The standard InChI is InChI=1S/C11H8O2/c12-9-3-1-7-2-4-10-8(11(7)9)5-6-13-10/h1-4H,5-6H2. The first kappa shape index (κ1) is 6.89. The zero-order valence-electron chi connectivity index (χ0n) is 7.04. The number of ketones is 1. The molecule has 1 aromatic rings. The van der Waals surface area contributed by atoms with Gasteiger partial charge in [0.25, 0.3) is 0 Å². The summed E-state index contributed by atoms with van der Waals surface area (Å²) in [6.45, 7) is 0.707. The zero-order valence-corrected chi connectivity index (χ0v) is 7.04. The fraction of sp³-hybridized carbons (Fsp3) is 0.182. The molecular weight excluding hydrogens is 164 g/mol. The van der Waals surface area contributed by atoms with E-state index in [0.717, 1.165) is 28.9 Å². The molecule has 0 saturated carbocycles. The first-order valence-corrected chi connectivity index (χ1v) is 4.37. The average molecular weight is 172 g/mol. The first-order chi connectivity index (χ1) is 6.36. The van der Waals surface area contributed by atoms with Crippen molar-refractivity contribution in [3.8, 4) is 5.75 Å². The minimum absolute atomic E-state index is 0.123. The SMILES string of the molecule is O=C1C=Cc2ccc3c(c21)CCO3. The fourth-order valence-corrected chi connectivity index (χ4v) is 1.97. The highest BCUT2D eigenvalue weighted by Gasteiger charge is 2.24. The van der Waals surface area contributed by atoms with Crippen molar-refractivity contribution in [1.29, 1.82) is 0 Å². The highest BCUT2D eigenvalue weighted by atomic mass is 16.5. The second kappa shape index (κ2) is 2.22. The lowest BCUT2D eigenvalue weighted by Gasteiger charge is -2.03. The lowest BCUT2D eigenvalue weighted by molar-refractivity contribution is 0.104. The number of ether oxygens (including phenoxy) is 1. The Morgan fingerprint density at radius 1 is 1.23 bits per heavy atom. The van der Waals surface area contributed by atoms with Crippen LogP contribution in [0.25, 0.3) is 6.08 Å². The highest BCUT2D eigenvalue weighted by Crippen LogP contribution is 2.34. The lowest BCUT2D eigenvalue weighted by Crippen LogP contribution is -1.97. The van der Waals surface area contributed by atoms with Gasteiger partial charge in [0, 0.05) is 17.5 Å². The molecule has 0 spiro atoms. The summed E-state index contributed by atoms with van der Waals surface area (Å²) >= 11 is 0. The van der Waals surface area contributed by atoms with E-state index in [2.05, 4.69) is 0 Å². The van der Waals surface area contributed by atoms with Gasteiger partial charge < -0.3 is 4.74 Å². The predicted octanol–water partition coefficient (Wildman–Crippen LogP) is 1.83. The van der Waals surface area contributed by atoms with Gasteiger partial charge in [0.05, 0.1) is 6.61 Å². The minimum atomic E-state index is 0.123. The Bertz CT molecular complexity index is 430. The molecule has 0 atom stereocenters. The molecule has 0 aromatic heterocycles. The monoisotopic (exact) mass is 172 g/mol. The van der Waals surface area contributed by atoms with E-state index in [-0.39, 0.29) is 5.78 Å². The molecule has 1 aliphatic carbocycles. The molecule has 0 fully saturated rings. The summed E-state index contributed by atoms with van der Waals surface area (Å²) < 4.78 is 5.39. The van der Waals surface area contributed by atoms with Gasteiger partial charge in [0.15, 0.2) is 5.78 Å². The van der Waals surface area contributed by atoms with Crippen LogP contribution < -0.4 is 4.74 Å². The molecule has 0 amide bonds. The number of carbonyl (C=O) groups excluding carboxylic acids is 1. The van der Waals surface area contributed by atoms with Gasteiger partial charge in [-0.15, -0.1) is 0 Å². The summed E-state index contributed by atoms with van der Waals surface area (Å²) in [5, 5.41) is 0. The molecule has 64 valence electrons. The summed E-state index contributed by atoms with van der Waals surface area (Å²) in [5.74, 6) is 1.01. The quantitative estimate of drug-likeness (QED) is 0.596. The summed E-state index contributed by atoms with van der Waals surface area (Å²) in [4.78, 5) is 11.5. The van der Waals surface area contributed by atoms with Gasteiger partial charge in [-0.05, 0) is 17.7 Å². The van der Waals surface area contributed by atoms with E-state index in [1.165, 1.54) is 0 Å². The Labute approximate surface area is 75.8 Å². The second-order valence-corrected chi connectivity index (χ2v) is 3.30. The molecule has 1 aliphatic heterocycles. The smallest absolute Gasteiger partial charge is 0.186 e. The van der Waals surface area contributed by atoms with E-state index in [9.17, 15) is 4.79 Å². The van der Waals surface area contributed by atoms with Crippen molar-refractivity contribution in [2.45, 2.75) is 6.42 Å². The van der Waals surface area contributed by atoms with Crippen LogP contribution in [0, 0.1) is 0 Å². The molecular formula is C11H8O2. The fourth-order valence-electron chi connectivity index (χ4n) is 1.97. The third kappa shape index (κ3) is 0.800. The third-order valence-electron chi connectivity index (χ3n) is 2.57. The Morgan fingerprint density at radius 2 is 2.15 bits per heavy atom. The number of fused-ring (bicyclic) bond motifs is 3. The summed E-state index contributed by atoms with van der Waals surface area (Å²) in [6, 6.07) is 3.89. The molecule has 3 rings (SSSR count). The second-order valence-electron chi connectivity index (χ2n) is 3.30. The summed E-state index contributed by atoms with van der Waals surface area (Å²) in [7, 11) is 0. The number of allylic oxidation sites excluding steroid dienone is 1. The maximum absolute atomic E-state index is 11.5. The van der Waals surface area contributed by atoms with Crippen LogP contribution in [0.15, 0.2) is 18.2 Å². The molecule has 2 nitrogen and oxygen atoms in total. The minimum Gasteiger partial charge on any atom is -0.493 e. The Hall–Kier alpha value is -1.57. The number of benzene rings is 1. The van der Waals surface area contributed by atoms with Crippen LogP contribution in [-0.2, 0) is 6.42 Å². The number of hydrogen-bond acceptors (Lipinski definition) is 2. The van der Waals surface area contributed by atoms with Gasteiger partial charge in [0.1, 0.15) is 5.75 Å². The maximum atomic E-state index is 11.5. The molecule has 0 saturated heterocycles. The van der Waals surface area contributed by atoms with Gasteiger partial charge in [-0.25, -0.2) is 0 Å². The van der Waals surface area contributed by atoms with Crippen LogP contribution in [-0.4, -0.2) is 12.4 Å². The molecule has 13 heavy (non-hydrogen) atoms. The van der Waals surface area contributed by atoms with E-state index >= 15 is 0 Å². The van der Waals surface area contributed by atoms with Gasteiger partial charge in [-0.3, -0.25) is 4.79 Å². The predicted molar refractivity (Wildman–Crippen MR) is 49.0 cm³/mol.